The molecule has 1 unspecified atom stereocenters. The van der Waals surface area contributed by atoms with E-state index in [4.69, 9.17) is 18.3 Å². The predicted octanol–water partition coefficient (Wildman–Crippen LogP) is 14.6. The average Bonchev–Trinajstić information content (AvgIpc) is 3.17. The van der Waals surface area contributed by atoms with Crippen LogP contribution in [0.4, 0.5) is 0 Å². The van der Waals surface area contributed by atoms with Gasteiger partial charge in [0.25, 0.3) is 0 Å². The number of rotatable bonds is 40. The van der Waals surface area contributed by atoms with Gasteiger partial charge in [0.15, 0.2) is 0 Å². The molecule has 0 bridgehead atoms. The molecule has 1 saturated heterocycles. The molecule has 1 rings (SSSR count). The van der Waals surface area contributed by atoms with E-state index in [1.54, 1.807) is 0 Å². The zero-order valence-corrected chi connectivity index (χ0v) is 37.5. The van der Waals surface area contributed by atoms with E-state index in [1.807, 2.05) is 0 Å². The molecule has 6 heteroatoms. The van der Waals surface area contributed by atoms with Gasteiger partial charge >= 0.3 is 8.56 Å². The fourth-order valence-electron chi connectivity index (χ4n) is 6.89. The minimum Gasteiger partial charge on any atom is -0.394 e. The van der Waals surface area contributed by atoms with Crippen molar-refractivity contribution in [2.24, 2.45) is 0 Å². The van der Waals surface area contributed by atoms with Crippen LogP contribution in [0.25, 0.3) is 0 Å². The van der Waals surface area contributed by atoms with E-state index in [2.05, 4.69) is 80.4 Å². The van der Waals surface area contributed by atoms with Crippen molar-refractivity contribution >= 4 is 8.56 Å². The largest absolute Gasteiger partial charge is 0.394 e. The number of unbranched alkanes of at least 4 members (excludes halogenated alkanes) is 20. The number of nitrogens with zero attached hydrogens (tertiary/aromatic N) is 1. The van der Waals surface area contributed by atoms with E-state index in [-0.39, 0.29) is 6.29 Å². The maximum absolute atomic E-state index is 6.64. The third-order valence-electron chi connectivity index (χ3n) is 10.4. The van der Waals surface area contributed by atoms with E-state index >= 15 is 0 Å². The molecule has 0 aliphatic carbocycles. The Labute approximate surface area is 338 Å². The summed E-state index contributed by atoms with van der Waals surface area (Å²) in [4.78, 5) is 2.54. The van der Waals surface area contributed by atoms with Gasteiger partial charge in [-0.2, -0.15) is 0 Å². The number of morpholine rings is 1. The lowest BCUT2D eigenvalue weighted by molar-refractivity contribution is -0.104. The third kappa shape index (κ3) is 36.6. The fraction of sp³-hybridized carbons (Fsp3) is 0.833. The van der Waals surface area contributed by atoms with Crippen molar-refractivity contribution in [3.63, 3.8) is 0 Å². The molecule has 316 valence electrons. The smallest absolute Gasteiger partial charge is 0.333 e. The summed E-state index contributed by atoms with van der Waals surface area (Å²) in [6.45, 7) is 15.7. The van der Waals surface area contributed by atoms with Crippen LogP contribution < -0.4 is 0 Å². The molecule has 0 aromatic heterocycles. The van der Waals surface area contributed by atoms with Gasteiger partial charge in [-0.15, -0.1) is 0 Å². The summed E-state index contributed by atoms with van der Waals surface area (Å²) in [6.07, 6.45) is 53.6. The van der Waals surface area contributed by atoms with Crippen molar-refractivity contribution in [2.75, 3.05) is 46.1 Å². The monoisotopic (exact) mass is 774 g/mol. The first kappa shape index (κ1) is 51.0. The minimum atomic E-state index is -2.25. The highest BCUT2D eigenvalue weighted by atomic mass is 28.4. The van der Waals surface area contributed by atoms with Crippen LogP contribution >= 0.6 is 0 Å². The average molecular weight is 774 g/mol. The minimum absolute atomic E-state index is 0.129. The summed E-state index contributed by atoms with van der Waals surface area (Å²) in [6, 6.07) is 0. The van der Waals surface area contributed by atoms with Gasteiger partial charge in [0.1, 0.15) is 6.29 Å². The highest BCUT2D eigenvalue weighted by Gasteiger charge is 2.29. The van der Waals surface area contributed by atoms with Crippen LogP contribution in [-0.2, 0) is 18.3 Å². The van der Waals surface area contributed by atoms with E-state index in [1.165, 1.54) is 154 Å². The van der Waals surface area contributed by atoms with Crippen LogP contribution in [0.15, 0.2) is 48.6 Å². The molecule has 1 heterocycles. The van der Waals surface area contributed by atoms with Gasteiger partial charge in [0.05, 0.1) is 13.2 Å². The van der Waals surface area contributed by atoms with Gasteiger partial charge < -0.3 is 18.3 Å². The molecular formula is C48H91NO4Si. The van der Waals surface area contributed by atoms with Gasteiger partial charge in [-0.3, -0.25) is 4.90 Å². The number of hydrogen-bond acceptors (Lipinski definition) is 5. The van der Waals surface area contributed by atoms with Crippen molar-refractivity contribution in [1.29, 1.82) is 0 Å². The Morgan fingerprint density at radius 1 is 0.519 bits per heavy atom. The van der Waals surface area contributed by atoms with E-state index in [9.17, 15) is 0 Å². The predicted molar refractivity (Wildman–Crippen MR) is 239 cm³/mol. The van der Waals surface area contributed by atoms with Gasteiger partial charge in [-0.1, -0.05) is 146 Å². The maximum atomic E-state index is 6.64. The van der Waals surface area contributed by atoms with Crippen molar-refractivity contribution in [2.45, 2.75) is 213 Å². The molecule has 5 nitrogen and oxygen atoms in total. The van der Waals surface area contributed by atoms with Crippen LogP contribution in [0, 0.1) is 0 Å². The lowest BCUT2D eigenvalue weighted by atomic mass is 10.1. The van der Waals surface area contributed by atoms with Crippen LogP contribution in [0.2, 0.25) is 13.1 Å². The Kier molecular flexibility index (Phi) is 37.9. The molecule has 1 aliphatic heterocycles. The van der Waals surface area contributed by atoms with Crippen molar-refractivity contribution < 1.29 is 18.3 Å². The molecule has 0 spiro atoms. The normalized spacial score (nSPS) is 15.3. The Hall–Kier alpha value is -1.02. The SMILES string of the molecule is CCCCC/C=C\C/C=C\CCCCCCCCOC(CCCCCCC/C=C\C/C=C\CCCCC)O[Si](C)(C)OCCCCCCN1CCOCC1. The summed E-state index contributed by atoms with van der Waals surface area (Å²) in [5.41, 5.74) is 0. The molecule has 1 fully saturated rings. The van der Waals surface area contributed by atoms with Crippen LogP contribution in [0.3, 0.4) is 0 Å². The summed E-state index contributed by atoms with van der Waals surface area (Å²) in [7, 11) is -2.25. The first-order chi connectivity index (χ1) is 26.6. The highest BCUT2D eigenvalue weighted by Crippen LogP contribution is 2.19. The molecule has 0 saturated carbocycles. The molecule has 0 amide bonds. The first-order valence-electron chi connectivity index (χ1n) is 23.4. The second kappa shape index (κ2) is 40.2. The molecule has 0 aromatic rings. The van der Waals surface area contributed by atoms with Gasteiger partial charge in [-0.25, -0.2) is 0 Å². The quantitative estimate of drug-likeness (QED) is 0.0268. The van der Waals surface area contributed by atoms with Crippen LogP contribution in [0.1, 0.15) is 194 Å². The van der Waals surface area contributed by atoms with Gasteiger partial charge in [0.2, 0.25) is 0 Å². The molecule has 0 aromatic carbocycles. The second-order valence-electron chi connectivity index (χ2n) is 16.1. The van der Waals surface area contributed by atoms with E-state index in [0.29, 0.717) is 0 Å². The molecule has 54 heavy (non-hydrogen) atoms. The van der Waals surface area contributed by atoms with Gasteiger partial charge in [0, 0.05) is 26.3 Å². The molecule has 0 radical (unpaired) electrons. The number of hydrogen-bond donors (Lipinski definition) is 0. The Bertz CT molecular complexity index is 882. The zero-order chi connectivity index (χ0) is 38.9. The Morgan fingerprint density at radius 3 is 1.50 bits per heavy atom. The van der Waals surface area contributed by atoms with Crippen LogP contribution in [0.5, 0.6) is 0 Å². The number of allylic oxidation sites excluding steroid dienone is 8. The molecular weight excluding hydrogens is 683 g/mol. The summed E-state index contributed by atoms with van der Waals surface area (Å²) >= 11 is 0. The summed E-state index contributed by atoms with van der Waals surface area (Å²) < 4.78 is 25.0. The fourth-order valence-corrected chi connectivity index (χ4v) is 8.41. The lowest BCUT2D eigenvalue weighted by Gasteiger charge is -2.29. The Morgan fingerprint density at radius 2 is 0.963 bits per heavy atom. The number of ether oxygens (including phenoxy) is 2. The molecule has 0 N–H and O–H groups in total. The zero-order valence-electron chi connectivity index (χ0n) is 36.5. The second-order valence-corrected chi connectivity index (χ2v) is 19.5. The van der Waals surface area contributed by atoms with Crippen LogP contribution in [-0.4, -0.2) is 65.8 Å². The van der Waals surface area contributed by atoms with Crippen molar-refractivity contribution in [3.05, 3.63) is 48.6 Å². The van der Waals surface area contributed by atoms with Gasteiger partial charge in [-0.05, 0) is 116 Å². The Balaban J connectivity index is 2.25. The van der Waals surface area contributed by atoms with E-state index in [0.717, 1.165) is 71.6 Å². The summed E-state index contributed by atoms with van der Waals surface area (Å²) in [5, 5.41) is 0. The maximum Gasteiger partial charge on any atom is 0.333 e. The topological polar surface area (TPSA) is 40.2 Å². The summed E-state index contributed by atoms with van der Waals surface area (Å²) in [5.74, 6) is 0. The van der Waals surface area contributed by atoms with Crippen molar-refractivity contribution in [3.8, 4) is 0 Å². The lowest BCUT2D eigenvalue weighted by Crippen LogP contribution is -2.40. The molecule has 1 aliphatic rings. The molecule has 1 atom stereocenters. The highest BCUT2D eigenvalue weighted by molar-refractivity contribution is 6.64. The standard InChI is InChI=1S/C48H91NO4Si/c1-5-7-9-11-13-15-17-19-21-23-25-27-29-31-34-38-44-51-48(40-36-32-30-28-26-24-22-20-18-16-14-12-10-8-6-2)53-54(3,4)52-45-39-35-33-37-41-49-42-46-50-47-43-49/h13-16,19-22,48H,5-12,17-18,23-47H2,1-4H3/b15-13-,16-14-,21-19-,22-20-. The first-order valence-corrected chi connectivity index (χ1v) is 26.2. The van der Waals surface area contributed by atoms with E-state index < -0.39 is 8.56 Å². The van der Waals surface area contributed by atoms with Crippen molar-refractivity contribution in [1.82, 2.24) is 4.90 Å². The third-order valence-corrected chi connectivity index (χ3v) is 12.1.